The molecule has 0 bridgehead atoms. The van der Waals surface area contributed by atoms with Gasteiger partial charge >= 0.3 is 0 Å². The molecule has 1 N–H and O–H groups in total. The third kappa shape index (κ3) is 2.93. The second-order valence-corrected chi connectivity index (χ2v) is 5.32. The Morgan fingerprint density at radius 1 is 1.53 bits per heavy atom. The van der Waals surface area contributed by atoms with Crippen LogP contribution in [0.3, 0.4) is 0 Å². The molecule has 2 atom stereocenters. The SMILES string of the molecule is Cc1cccc(CN2CC[C@H]3OCC(=O)N[C@H]3C2)n1. The summed E-state index contributed by atoms with van der Waals surface area (Å²) in [7, 11) is 0. The van der Waals surface area contributed by atoms with Gasteiger partial charge in [-0.05, 0) is 25.5 Å². The van der Waals surface area contributed by atoms with Crippen LogP contribution in [0.4, 0.5) is 0 Å². The van der Waals surface area contributed by atoms with Gasteiger partial charge in [0.25, 0.3) is 0 Å². The van der Waals surface area contributed by atoms with Gasteiger partial charge in [0.05, 0.1) is 17.8 Å². The van der Waals surface area contributed by atoms with Crippen LogP contribution in [-0.4, -0.2) is 47.6 Å². The van der Waals surface area contributed by atoms with Crippen molar-refractivity contribution >= 4 is 5.91 Å². The molecule has 2 fully saturated rings. The predicted molar refractivity (Wildman–Crippen MR) is 70.5 cm³/mol. The predicted octanol–water partition coefficient (Wildman–Crippen LogP) is 0.479. The highest BCUT2D eigenvalue weighted by Crippen LogP contribution is 2.18. The van der Waals surface area contributed by atoms with E-state index in [1.807, 2.05) is 19.1 Å². The minimum absolute atomic E-state index is 0.00298. The number of nitrogens with zero attached hydrogens (tertiary/aromatic N) is 2. The fraction of sp³-hybridized carbons (Fsp3) is 0.571. The number of aromatic nitrogens is 1. The summed E-state index contributed by atoms with van der Waals surface area (Å²) >= 11 is 0. The van der Waals surface area contributed by atoms with Crippen molar-refractivity contribution < 1.29 is 9.53 Å². The number of rotatable bonds is 2. The first-order valence-corrected chi connectivity index (χ1v) is 6.76. The fourth-order valence-corrected chi connectivity index (χ4v) is 2.83. The van der Waals surface area contributed by atoms with E-state index in [0.717, 1.165) is 37.4 Å². The van der Waals surface area contributed by atoms with E-state index in [4.69, 9.17) is 4.74 Å². The highest BCUT2D eigenvalue weighted by molar-refractivity contribution is 5.78. The van der Waals surface area contributed by atoms with Crippen LogP contribution in [0.15, 0.2) is 18.2 Å². The molecule has 0 spiro atoms. The maximum Gasteiger partial charge on any atom is 0.246 e. The zero-order valence-electron chi connectivity index (χ0n) is 11.1. The molecule has 1 amide bonds. The van der Waals surface area contributed by atoms with Crippen molar-refractivity contribution in [3.05, 3.63) is 29.6 Å². The smallest absolute Gasteiger partial charge is 0.246 e. The first-order valence-electron chi connectivity index (χ1n) is 6.76. The lowest BCUT2D eigenvalue weighted by atomic mass is 10.0. The van der Waals surface area contributed by atoms with E-state index in [1.54, 1.807) is 0 Å². The molecule has 102 valence electrons. The number of fused-ring (bicyclic) bond motifs is 1. The normalized spacial score (nSPS) is 27.7. The van der Waals surface area contributed by atoms with E-state index in [1.165, 1.54) is 0 Å². The van der Waals surface area contributed by atoms with Crippen LogP contribution in [0.1, 0.15) is 17.8 Å². The number of nitrogens with one attached hydrogen (secondary N) is 1. The van der Waals surface area contributed by atoms with Crippen molar-refractivity contribution in [1.29, 1.82) is 0 Å². The van der Waals surface area contributed by atoms with Crippen LogP contribution in [0, 0.1) is 6.92 Å². The summed E-state index contributed by atoms with van der Waals surface area (Å²) in [6.45, 7) is 4.88. The molecule has 0 aliphatic carbocycles. The Morgan fingerprint density at radius 2 is 2.42 bits per heavy atom. The maximum atomic E-state index is 11.4. The summed E-state index contributed by atoms with van der Waals surface area (Å²) in [5.74, 6) is -0.00298. The number of morpholine rings is 1. The lowest BCUT2D eigenvalue weighted by Gasteiger charge is -2.41. The van der Waals surface area contributed by atoms with E-state index >= 15 is 0 Å². The molecule has 3 rings (SSSR count). The maximum absolute atomic E-state index is 11.4. The van der Waals surface area contributed by atoms with E-state index in [2.05, 4.69) is 21.3 Å². The number of ether oxygens (including phenoxy) is 1. The number of amides is 1. The molecule has 5 heteroatoms. The zero-order chi connectivity index (χ0) is 13.2. The van der Waals surface area contributed by atoms with Crippen molar-refractivity contribution in [3.63, 3.8) is 0 Å². The lowest BCUT2D eigenvalue weighted by Crippen LogP contribution is -2.60. The average molecular weight is 261 g/mol. The number of hydrogen-bond donors (Lipinski definition) is 1. The van der Waals surface area contributed by atoms with Gasteiger partial charge in [0.2, 0.25) is 5.91 Å². The molecule has 2 aliphatic heterocycles. The van der Waals surface area contributed by atoms with Gasteiger partial charge in [0.1, 0.15) is 6.61 Å². The molecule has 1 aromatic heterocycles. The van der Waals surface area contributed by atoms with Crippen LogP contribution in [0.2, 0.25) is 0 Å². The fourth-order valence-electron chi connectivity index (χ4n) is 2.83. The summed E-state index contributed by atoms with van der Waals surface area (Å²) in [6, 6.07) is 6.22. The topological polar surface area (TPSA) is 54.5 Å². The summed E-state index contributed by atoms with van der Waals surface area (Å²) in [5, 5.41) is 3.02. The van der Waals surface area contributed by atoms with Gasteiger partial charge in [0.15, 0.2) is 0 Å². The number of piperidine rings is 1. The van der Waals surface area contributed by atoms with Crippen LogP contribution in [-0.2, 0) is 16.1 Å². The largest absolute Gasteiger partial charge is 0.366 e. The first-order chi connectivity index (χ1) is 9.20. The number of likely N-dealkylation sites (tertiary alicyclic amines) is 1. The Bertz CT molecular complexity index is 478. The van der Waals surface area contributed by atoms with Crippen LogP contribution in [0.5, 0.6) is 0 Å². The molecule has 0 radical (unpaired) electrons. The van der Waals surface area contributed by atoms with Crippen LogP contribution < -0.4 is 5.32 Å². The zero-order valence-corrected chi connectivity index (χ0v) is 11.1. The van der Waals surface area contributed by atoms with Gasteiger partial charge < -0.3 is 10.1 Å². The van der Waals surface area contributed by atoms with E-state index in [9.17, 15) is 4.79 Å². The van der Waals surface area contributed by atoms with Gasteiger partial charge in [-0.3, -0.25) is 14.7 Å². The summed E-state index contributed by atoms with van der Waals surface area (Å²) in [6.07, 6.45) is 1.15. The average Bonchev–Trinajstić information content (AvgIpc) is 2.38. The molecular weight excluding hydrogens is 242 g/mol. The van der Waals surface area contributed by atoms with Crippen molar-refractivity contribution in [3.8, 4) is 0 Å². The van der Waals surface area contributed by atoms with Gasteiger partial charge in [-0.15, -0.1) is 0 Å². The number of aryl methyl sites for hydroxylation is 1. The second kappa shape index (κ2) is 5.27. The molecule has 0 unspecified atom stereocenters. The highest BCUT2D eigenvalue weighted by atomic mass is 16.5. The standard InChI is InChI=1S/C14H19N3O2/c1-10-3-2-4-11(15-10)7-17-6-5-13-12(8-17)16-14(18)9-19-13/h2-4,12-13H,5-9H2,1H3,(H,16,18)/t12-,13+/m0/s1. The van der Waals surface area contributed by atoms with Gasteiger partial charge in [0, 0.05) is 25.3 Å². The Kier molecular flexibility index (Phi) is 3.48. The Hall–Kier alpha value is -1.46. The summed E-state index contributed by atoms with van der Waals surface area (Å²) in [5.41, 5.74) is 2.13. The van der Waals surface area contributed by atoms with Gasteiger partial charge in [-0.25, -0.2) is 0 Å². The molecule has 0 aromatic carbocycles. The molecule has 0 saturated carbocycles. The lowest BCUT2D eigenvalue weighted by molar-refractivity contribution is -0.140. The van der Waals surface area contributed by atoms with Crippen molar-refractivity contribution in [2.45, 2.75) is 32.0 Å². The van der Waals surface area contributed by atoms with Gasteiger partial charge in [-0.2, -0.15) is 0 Å². The van der Waals surface area contributed by atoms with Crippen LogP contribution in [0.25, 0.3) is 0 Å². The third-order valence-electron chi connectivity index (χ3n) is 3.74. The molecule has 2 aliphatic rings. The molecule has 3 heterocycles. The molecule has 1 aromatic rings. The monoisotopic (exact) mass is 261 g/mol. The number of carbonyl (C=O) groups excluding carboxylic acids is 1. The minimum Gasteiger partial charge on any atom is -0.366 e. The number of pyridine rings is 1. The number of hydrogen-bond acceptors (Lipinski definition) is 4. The quantitative estimate of drug-likeness (QED) is 0.841. The third-order valence-corrected chi connectivity index (χ3v) is 3.74. The Balaban J connectivity index is 1.62. The van der Waals surface area contributed by atoms with E-state index < -0.39 is 0 Å². The molecule has 19 heavy (non-hydrogen) atoms. The second-order valence-electron chi connectivity index (χ2n) is 5.32. The van der Waals surface area contributed by atoms with Gasteiger partial charge in [-0.1, -0.05) is 6.07 Å². The molecule has 5 nitrogen and oxygen atoms in total. The van der Waals surface area contributed by atoms with Crippen molar-refractivity contribution in [2.75, 3.05) is 19.7 Å². The van der Waals surface area contributed by atoms with Crippen molar-refractivity contribution in [2.24, 2.45) is 0 Å². The van der Waals surface area contributed by atoms with E-state index in [-0.39, 0.29) is 24.7 Å². The van der Waals surface area contributed by atoms with Crippen LogP contribution >= 0.6 is 0 Å². The first kappa shape index (κ1) is 12.6. The Morgan fingerprint density at radius 3 is 3.26 bits per heavy atom. The summed E-state index contributed by atoms with van der Waals surface area (Å²) < 4.78 is 5.56. The Labute approximate surface area is 113 Å². The molecular formula is C14H19N3O2. The van der Waals surface area contributed by atoms with Crippen molar-refractivity contribution in [1.82, 2.24) is 15.2 Å². The minimum atomic E-state index is -0.00298. The summed E-state index contributed by atoms with van der Waals surface area (Å²) in [4.78, 5) is 18.2. The van der Waals surface area contributed by atoms with E-state index in [0.29, 0.717) is 0 Å². The number of carbonyl (C=O) groups is 1. The molecule has 2 saturated heterocycles. The highest BCUT2D eigenvalue weighted by Gasteiger charge is 2.34.